The summed E-state index contributed by atoms with van der Waals surface area (Å²) in [6.45, 7) is 14.4. The first-order valence-corrected chi connectivity index (χ1v) is 20.2. The van der Waals surface area contributed by atoms with Crippen LogP contribution in [0.5, 0.6) is 0 Å². The molecule has 266 valence electrons. The van der Waals surface area contributed by atoms with E-state index in [-0.39, 0.29) is 0 Å². The molecule has 4 nitrogen and oxygen atoms in total. The predicted octanol–water partition coefficient (Wildman–Crippen LogP) is 10.9. The van der Waals surface area contributed by atoms with E-state index in [0.29, 0.717) is 0 Å². The first kappa shape index (κ1) is 43.8. The van der Waals surface area contributed by atoms with Crippen molar-refractivity contribution in [3.63, 3.8) is 0 Å². The molecule has 0 N–H and O–H groups in total. The Bertz CT molecular complexity index is 478. The van der Waals surface area contributed by atoms with E-state index in [4.69, 9.17) is 0 Å². The Kier molecular flexibility index (Phi) is 35.6. The van der Waals surface area contributed by atoms with Crippen molar-refractivity contribution < 1.29 is 0 Å². The van der Waals surface area contributed by atoms with Gasteiger partial charge in [-0.05, 0) is 54.1 Å². The second-order valence-electron chi connectivity index (χ2n) is 14.8. The molecule has 0 spiro atoms. The molecule has 44 heavy (non-hydrogen) atoms. The highest BCUT2D eigenvalue weighted by Gasteiger charge is 2.11. The molecule has 0 aromatic carbocycles. The smallest absolute Gasteiger partial charge is 0.0110 e. The molecule has 0 unspecified atom stereocenters. The summed E-state index contributed by atoms with van der Waals surface area (Å²) >= 11 is 0. The summed E-state index contributed by atoms with van der Waals surface area (Å²) < 4.78 is 0. The van der Waals surface area contributed by atoms with E-state index >= 15 is 0 Å². The van der Waals surface area contributed by atoms with Crippen LogP contribution in [0.2, 0.25) is 0 Å². The molecule has 0 aliphatic rings. The van der Waals surface area contributed by atoms with Crippen LogP contribution in [-0.2, 0) is 0 Å². The summed E-state index contributed by atoms with van der Waals surface area (Å²) in [4.78, 5) is 10.2. The summed E-state index contributed by atoms with van der Waals surface area (Å²) in [6, 6.07) is 0. The van der Waals surface area contributed by atoms with Crippen molar-refractivity contribution in [2.75, 3.05) is 80.5 Å². The zero-order valence-electron chi connectivity index (χ0n) is 31.8. The van der Waals surface area contributed by atoms with Gasteiger partial charge in [0, 0.05) is 39.3 Å². The third-order valence-electron chi connectivity index (χ3n) is 9.62. The van der Waals surface area contributed by atoms with Crippen LogP contribution in [0.4, 0.5) is 0 Å². The largest absolute Gasteiger partial charge is 0.308 e. The van der Waals surface area contributed by atoms with Crippen LogP contribution in [0.1, 0.15) is 181 Å². The SMILES string of the molecule is CCCCCCCCCCCCCCCN(CCN(C)C)CCN(CCCCCCCCCCCCCCC)CCN(C)C. The van der Waals surface area contributed by atoms with Gasteiger partial charge in [0.1, 0.15) is 0 Å². The van der Waals surface area contributed by atoms with Crippen molar-refractivity contribution in [1.82, 2.24) is 19.6 Å². The summed E-state index contributed by atoms with van der Waals surface area (Å²) in [5.41, 5.74) is 0. The average molecular weight is 623 g/mol. The molecule has 0 fully saturated rings. The molecule has 0 saturated heterocycles. The Morgan fingerprint density at radius 1 is 0.227 bits per heavy atom. The van der Waals surface area contributed by atoms with Gasteiger partial charge in [-0.15, -0.1) is 0 Å². The Labute approximate surface area is 280 Å². The standard InChI is InChI=1S/C40H86N4/c1-7-9-11-13-15-17-19-21-23-25-27-29-31-33-43(37-35-41(3)4)39-40-44(38-36-42(5)6)34-32-30-28-26-24-22-20-18-16-14-12-10-8-2/h7-40H2,1-6H3. The number of hydrogen-bond donors (Lipinski definition) is 0. The maximum absolute atomic E-state index is 2.77. The Morgan fingerprint density at radius 3 is 0.659 bits per heavy atom. The molecule has 0 radical (unpaired) electrons. The van der Waals surface area contributed by atoms with Crippen LogP contribution in [0.15, 0.2) is 0 Å². The highest BCUT2D eigenvalue weighted by Crippen LogP contribution is 2.14. The lowest BCUT2D eigenvalue weighted by molar-refractivity contribution is 0.178. The van der Waals surface area contributed by atoms with Crippen molar-refractivity contribution in [1.29, 1.82) is 0 Å². The Balaban J connectivity index is 4.13. The van der Waals surface area contributed by atoms with Gasteiger partial charge in [0.05, 0.1) is 0 Å². The molecular formula is C40H86N4. The number of hydrogen-bond acceptors (Lipinski definition) is 4. The molecule has 0 bridgehead atoms. The van der Waals surface area contributed by atoms with Gasteiger partial charge in [0.2, 0.25) is 0 Å². The van der Waals surface area contributed by atoms with E-state index < -0.39 is 0 Å². The predicted molar refractivity (Wildman–Crippen MR) is 201 cm³/mol. The maximum atomic E-state index is 2.77. The molecule has 0 saturated carbocycles. The molecule has 0 aliphatic heterocycles. The minimum absolute atomic E-state index is 1.18. The second-order valence-corrected chi connectivity index (χ2v) is 14.8. The van der Waals surface area contributed by atoms with E-state index in [2.05, 4.69) is 61.6 Å². The molecule has 0 amide bonds. The number of nitrogens with zero attached hydrogens (tertiary/aromatic N) is 4. The van der Waals surface area contributed by atoms with Crippen molar-refractivity contribution in [2.24, 2.45) is 0 Å². The average Bonchev–Trinajstić information content (AvgIpc) is 3.00. The van der Waals surface area contributed by atoms with Gasteiger partial charge >= 0.3 is 0 Å². The quantitative estimate of drug-likeness (QED) is 0.0639. The van der Waals surface area contributed by atoms with Crippen LogP contribution in [0.3, 0.4) is 0 Å². The first-order valence-electron chi connectivity index (χ1n) is 20.2. The van der Waals surface area contributed by atoms with Gasteiger partial charge in [-0.1, -0.05) is 168 Å². The van der Waals surface area contributed by atoms with Gasteiger partial charge in [0.25, 0.3) is 0 Å². The molecular weight excluding hydrogens is 536 g/mol. The van der Waals surface area contributed by atoms with Crippen LogP contribution < -0.4 is 0 Å². The van der Waals surface area contributed by atoms with Crippen molar-refractivity contribution in [2.45, 2.75) is 181 Å². The van der Waals surface area contributed by atoms with E-state index in [9.17, 15) is 0 Å². The zero-order chi connectivity index (χ0) is 32.4. The van der Waals surface area contributed by atoms with Gasteiger partial charge < -0.3 is 19.6 Å². The van der Waals surface area contributed by atoms with E-state index in [1.54, 1.807) is 0 Å². The minimum atomic E-state index is 1.18. The molecule has 0 rings (SSSR count). The third kappa shape index (κ3) is 34.7. The Morgan fingerprint density at radius 2 is 0.432 bits per heavy atom. The molecule has 0 heterocycles. The lowest BCUT2D eigenvalue weighted by atomic mass is 10.0. The second kappa shape index (κ2) is 35.7. The molecule has 0 aliphatic carbocycles. The molecule has 0 atom stereocenters. The summed E-state index contributed by atoms with van der Waals surface area (Å²) in [5, 5.41) is 0. The lowest BCUT2D eigenvalue weighted by Gasteiger charge is -2.29. The highest BCUT2D eigenvalue weighted by molar-refractivity contribution is 4.67. The lowest BCUT2D eigenvalue weighted by Crippen LogP contribution is -2.41. The third-order valence-corrected chi connectivity index (χ3v) is 9.62. The van der Waals surface area contributed by atoms with Gasteiger partial charge in [0.15, 0.2) is 0 Å². The summed E-state index contributed by atoms with van der Waals surface area (Å²) in [7, 11) is 8.89. The summed E-state index contributed by atoms with van der Waals surface area (Å²) in [6.07, 6.45) is 37.4. The monoisotopic (exact) mass is 623 g/mol. The van der Waals surface area contributed by atoms with Crippen LogP contribution in [0.25, 0.3) is 0 Å². The first-order chi connectivity index (χ1) is 21.5. The number of likely N-dealkylation sites (N-methyl/N-ethyl adjacent to an activating group) is 2. The minimum Gasteiger partial charge on any atom is -0.308 e. The van der Waals surface area contributed by atoms with Crippen molar-refractivity contribution in [3.05, 3.63) is 0 Å². The number of unbranched alkanes of at least 4 members (excludes halogenated alkanes) is 24. The number of rotatable bonds is 37. The summed E-state index contributed by atoms with van der Waals surface area (Å²) in [5.74, 6) is 0. The molecule has 4 heteroatoms. The van der Waals surface area contributed by atoms with E-state index in [0.717, 1.165) is 0 Å². The topological polar surface area (TPSA) is 13.0 Å². The molecule has 0 aromatic rings. The van der Waals surface area contributed by atoms with E-state index in [1.165, 1.54) is 219 Å². The Hall–Kier alpha value is -0.160. The van der Waals surface area contributed by atoms with Crippen molar-refractivity contribution >= 4 is 0 Å². The highest BCUT2D eigenvalue weighted by atomic mass is 15.2. The normalized spacial score (nSPS) is 12.1. The van der Waals surface area contributed by atoms with Crippen LogP contribution >= 0.6 is 0 Å². The van der Waals surface area contributed by atoms with Crippen molar-refractivity contribution in [3.8, 4) is 0 Å². The maximum Gasteiger partial charge on any atom is 0.0110 e. The van der Waals surface area contributed by atoms with Gasteiger partial charge in [-0.2, -0.15) is 0 Å². The van der Waals surface area contributed by atoms with Gasteiger partial charge in [-0.3, -0.25) is 0 Å². The fraction of sp³-hybridized carbons (Fsp3) is 1.00. The van der Waals surface area contributed by atoms with Crippen LogP contribution in [-0.4, -0.2) is 100 Å². The van der Waals surface area contributed by atoms with E-state index in [1.807, 2.05) is 0 Å². The fourth-order valence-electron chi connectivity index (χ4n) is 6.34. The zero-order valence-corrected chi connectivity index (χ0v) is 31.8. The molecule has 0 aromatic heterocycles. The van der Waals surface area contributed by atoms with Crippen LogP contribution in [0, 0.1) is 0 Å². The fourth-order valence-corrected chi connectivity index (χ4v) is 6.34. The van der Waals surface area contributed by atoms with Gasteiger partial charge in [-0.25, -0.2) is 0 Å².